The molecule has 2 N–H and O–H groups in total. The summed E-state index contributed by atoms with van der Waals surface area (Å²) in [5.74, 6) is -3.87. The minimum absolute atomic E-state index is 0.0545. The fourth-order valence-corrected chi connectivity index (χ4v) is 2.30. The molecule has 5 nitrogen and oxygen atoms in total. The monoisotopic (exact) mass is 345 g/mol. The molecule has 25 heavy (non-hydrogen) atoms. The van der Waals surface area contributed by atoms with E-state index in [1.807, 2.05) is 32.0 Å². The normalized spacial score (nSPS) is 10.6. The van der Waals surface area contributed by atoms with Crippen LogP contribution in [0.15, 0.2) is 36.5 Å². The minimum Gasteiger partial charge on any atom is -0.338 e. The van der Waals surface area contributed by atoms with Gasteiger partial charge in [0.25, 0.3) is 0 Å². The molecule has 0 amide bonds. The molecule has 1 aromatic heterocycles. The Labute approximate surface area is 141 Å². The molecule has 2 aromatic carbocycles. The van der Waals surface area contributed by atoms with E-state index in [0.29, 0.717) is 5.82 Å². The molecule has 3 aromatic rings. The summed E-state index contributed by atoms with van der Waals surface area (Å²) in [7, 11) is 0. The van der Waals surface area contributed by atoms with Crippen molar-refractivity contribution in [2.24, 2.45) is 0 Å². The summed E-state index contributed by atoms with van der Waals surface area (Å²) in [6.07, 6.45) is 1.40. The van der Waals surface area contributed by atoms with E-state index in [4.69, 9.17) is 0 Å². The van der Waals surface area contributed by atoms with Gasteiger partial charge in [-0.3, -0.25) is 0 Å². The van der Waals surface area contributed by atoms with Crippen LogP contribution in [0.1, 0.15) is 11.1 Å². The van der Waals surface area contributed by atoms with Crippen molar-refractivity contribution in [2.75, 3.05) is 10.6 Å². The number of anilines is 4. The molecule has 0 saturated heterocycles. The van der Waals surface area contributed by atoms with Crippen molar-refractivity contribution in [1.82, 2.24) is 15.2 Å². The van der Waals surface area contributed by atoms with Crippen molar-refractivity contribution in [3.8, 4) is 0 Å². The first-order valence-corrected chi connectivity index (χ1v) is 7.39. The van der Waals surface area contributed by atoms with Gasteiger partial charge in [-0.1, -0.05) is 18.2 Å². The highest BCUT2D eigenvalue weighted by molar-refractivity contribution is 5.65. The average molecular weight is 345 g/mol. The minimum atomic E-state index is -1.57. The summed E-state index contributed by atoms with van der Waals surface area (Å²) in [4.78, 5) is 4.16. The van der Waals surface area contributed by atoms with Gasteiger partial charge in [0, 0.05) is 5.69 Å². The molecule has 8 heteroatoms. The lowest BCUT2D eigenvalue weighted by Crippen LogP contribution is -2.05. The molecule has 0 spiro atoms. The van der Waals surface area contributed by atoms with Gasteiger partial charge in [0.2, 0.25) is 5.95 Å². The van der Waals surface area contributed by atoms with Crippen LogP contribution in [0.3, 0.4) is 0 Å². The molecule has 0 aliphatic rings. The predicted octanol–water partition coefficient (Wildman–Crippen LogP) is 4.39. The maximum Gasteiger partial charge on any atom is 0.249 e. The number of halogens is 3. The highest BCUT2D eigenvalue weighted by Crippen LogP contribution is 2.25. The third kappa shape index (κ3) is 3.52. The average Bonchev–Trinajstić information content (AvgIpc) is 2.59. The molecule has 0 radical (unpaired) electrons. The number of nitrogens with one attached hydrogen (secondary N) is 2. The van der Waals surface area contributed by atoms with Gasteiger partial charge in [-0.25, -0.2) is 13.2 Å². The maximum atomic E-state index is 13.7. The summed E-state index contributed by atoms with van der Waals surface area (Å²) < 4.78 is 40.0. The molecule has 0 atom stereocenters. The molecule has 0 saturated carbocycles. The van der Waals surface area contributed by atoms with E-state index in [1.54, 1.807) is 0 Å². The Morgan fingerprint density at radius 1 is 0.880 bits per heavy atom. The van der Waals surface area contributed by atoms with E-state index in [0.717, 1.165) is 28.9 Å². The van der Waals surface area contributed by atoms with Crippen molar-refractivity contribution in [1.29, 1.82) is 0 Å². The quantitative estimate of drug-likeness (QED) is 0.687. The molecule has 1 heterocycles. The van der Waals surface area contributed by atoms with Crippen LogP contribution in [-0.2, 0) is 0 Å². The Morgan fingerprint density at radius 2 is 1.60 bits per heavy atom. The van der Waals surface area contributed by atoms with Crippen LogP contribution in [-0.4, -0.2) is 15.2 Å². The van der Waals surface area contributed by atoms with Crippen molar-refractivity contribution >= 4 is 23.1 Å². The van der Waals surface area contributed by atoms with E-state index in [-0.39, 0.29) is 11.6 Å². The Bertz CT molecular complexity index is 910. The summed E-state index contributed by atoms with van der Waals surface area (Å²) in [5.41, 5.74) is 2.61. The van der Waals surface area contributed by atoms with E-state index >= 15 is 0 Å². The van der Waals surface area contributed by atoms with Gasteiger partial charge in [0.15, 0.2) is 23.3 Å². The molecule has 0 fully saturated rings. The van der Waals surface area contributed by atoms with Crippen LogP contribution in [0.4, 0.5) is 36.3 Å². The van der Waals surface area contributed by atoms with Gasteiger partial charge in [-0.2, -0.15) is 10.1 Å². The molecule has 128 valence electrons. The van der Waals surface area contributed by atoms with E-state index < -0.39 is 17.5 Å². The lowest BCUT2D eigenvalue weighted by molar-refractivity contribution is 0.449. The Balaban J connectivity index is 1.86. The standard InChI is InChI=1S/C17H14F3N5/c1-9-4-3-5-10(2)16(9)23-13-8-21-25-17(24-13)22-12-7-6-11(18)14(19)15(12)20/h3-8H,1-2H3,(H2,22,23,24,25). The second-order valence-electron chi connectivity index (χ2n) is 5.40. The summed E-state index contributed by atoms with van der Waals surface area (Å²) >= 11 is 0. The third-order valence-corrected chi connectivity index (χ3v) is 3.57. The number of hydrogen-bond acceptors (Lipinski definition) is 5. The second-order valence-corrected chi connectivity index (χ2v) is 5.40. The van der Waals surface area contributed by atoms with Gasteiger partial charge in [-0.15, -0.1) is 5.10 Å². The molecule has 0 aliphatic carbocycles. The van der Waals surface area contributed by atoms with Crippen LogP contribution in [0.25, 0.3) is 0 Å². The number of nitrogens with zero attached hydrogens (tertiary/aromatic N) is 3. The second kappa shape index (κ2) is 6.76. The number of rotatable bonds is 4. The fraction of sp³-hybridized carbons (Fsp3) is 0.118. The van der Waals surface area contributed by atoms with Crippen molar-refractivity contribution in [2.45, 2.75) is 13.8 Å². The van der Waals surface area contributed by atoms with Crippen molar-refractivity contribution in [3.63, 3.8) is 0 Å². The number of benzene rings is 2. The zero-order valence-corrected chi connectivity index (χ0v) is 13.4. The zero-order valence-electron chi connectivity index (χ0n) is 13.4. The van der Waals surface area contributed by atoms with Crippen LogP contribution in [0.2, 0.25) is 0 Å². The lowest BCUT2D eigenvalue weighted by Gasteiger charge is -2.12. The van der Waals surface area contributed by atoms with Crippen molar-refractivity contribution < 1.29 is 13.2 Å². The smallest absolute Gasteiger partial charge is 0.249 e. The van der Waals surface area contributed by atoms with Crippen LogP contribution in [0, 0.1) is 31.3 Å². The van der Waals surface area contributed by atoms with E-state index in [2.05, 4.69) is 25.8 Å². The number of aryl methyl sites for hydroxylation is 2. The van der Waals surface area contributed by atoms with Crippen LogP contribution in [0.5, 0.6) is 0 Å². The molecule has 0 bridgehead atoms. The fourth-order valence-electron chi connectivity index (χ4n) is 2.30. The first-order valence-electron chi connectivity index (χ1n) is 7.39. The first kappa shape index (κ1) is 16.7. The molecule has 3 rings (SSSR count). The van der Waals surface area contributed by atoms with E-state index in [1.165, 1.54) is 6.20 Å². The van der Waals surface area contributed by atoms with Crippen LogP contribution >= 0.6 is 0 Å². The highest BCUT2D eigenvalue weighted by Gasteiger charge is 2.14. The van der Waals surface area contributed by atoms with Gasteiger partial charge in [0.1, 0.15) is 0 Å². The van der Waals surface area contributed by atoms with Gasteiger partial charge in [-0.05, 0) is 37.1 Å². The predicted molar refractivity (Wildman–Crippen MR) is 88.6 cm³/mol. The highest BCUT2D eigenvalue weighted by atomic mass is 19.2. The largest absolute Gasteiger partial charge is 0.338 e. The summed E-state index contributed by atoms with van der Waals surface area (Å²) in [6.45, 7) is 3.89. The molecular formula is C17H14F3N5. The van der Waals surface area contributed by atoms with Gasteiger partial charge < -0.3 is 10.6 Å². The van der Waals surface area contributed by atoms with Gasteiger partial charge >= 0.3 is 0 Å². The lowest BCUT2D eigenvalue weighted by atomic mass is 10.1. The summed E-state index contributed by atoms with van der Waals surface area (Å²) in [6, 6.07) is 7.70. The zero-order chi connectivity index (χ0) is 18.0. The Kier molecular flexibility index (Phi) is 4.51. The first-order chi connectivity index (χ1) is 12.0. The number of para-hydroxylation sites is 1. The molecule has 0 aliphatic heterocycles. The third-order valence-electron chi connectivity index (χ3n) is 3.57. The molecule has 0 unspecified atom stereocenters. The SMILES string of the molecule is Cc1cccc(C)c1Nc1cnnc(Nc2ccc(F)c(F)c2F)n1. The molecular weight excluding hydrogens is 331 g/mol. The number of hydrogen-bond donors (Lipinski definition) is 2. The van der Waals surface area contributed by atoms with Crippen molar-refractivity contribution in [3.05, 3.63) is 65.1 Å². The Hall–Kier alpha value is -3.16. The topological polar surface area (TPSA) is 62.7 Å². The number of aromatic nitrogens is 3. The van der Waals surface area contributed by atoms with Gasteiger partial charge in [0.05, 0.1) is 11.9 Å². The summed E-state index contributed by atoms with van der Waals surface area (Å²) in [5, 5.41) is 13.1. The Morgan fingerprint density at radius 3 is 2.32 bits per heavy atom. The van der Waals surface area contributed by atoms with Crippen LogP contribution < -0.4 is 10.6 Å². The van der Waals surface area contributed by atoms with E-state index in [9.17, 15) is 13.2 Å². The maximum absolute atomic E-state index is 13.7.